The number of benzene rings is 1. The fraction of sp³-hybridized carbons (Fsp3) is 0.400. The molecule has 0 spiro atoms. The zero-order chi connectivity index (χ0) is 13.9. The molecule has 4 heteroatoms. The average molecular weight is 264 g/mol. The Morgan fingerprint density at radius 2 is 2.05 bits per heavy atom. The van der Waals surface area contributed by atoms with E-state index in [4.69, 9.17) is 9.84 Å². The Kier molecular flexibility index (Phi) is 7.35. The minimum Gasteiger partial charge on any atom is -0.493 e. The zero-order valence-corrected chi connectivity index (χ0v) is 11.2. The van der Waals surface area contributed by atoms with Crippen LogP contribution >= 0.6 is 0 Å². The van der Waals surface area contributed by atoms with Gasteiger partial charge in [-0.2, -0.15) is 0 Å². The molecule has 0 radical (unpaired) electrons. The molecule has 0 aromatic heterocycles. The number of ether oxygens (including phenoxy) is 2. The van der Waals surface area contributed by atoms with Crippen molar-refractivity contribution in [2.24, 2.45) is 0 Å². The smallest absolute Gasteiger partial charge is 0.330 e. The fourth-order valence-electron chi connectivity index (χ4n) is 1.55. The maximum Gasteiger partial charge on any atom is 0.330 e. The van der Waals surface area contributed by atoms with Gasteiger partial charge in [0.15, 0.2) is 0 Å². The molecule has 0 atom stereocenters. The van der Waals surface area contributed by atoms with Crippen LogP contribution in [0, 0.1) is 0 Å². The number of aliphatic hydroxyl groups is 1. The molecule has 0 unspecified atom stereocenters. The van der Waals surface area contributed by atoms with Gasteiger partial charge >= 0.3 is 5.97 Å². The van der Waals surface area contributed by atoms with Gasteiger partial charge in [0.25, 0.3) is 0 Å². The molecule has 0 saturated carbocycles. The lowest BCUT2D eigenvalue weighted by atomic mass is 10.2. The second-order valence-corrected chi connectivity index (χ2v) is 4.03. The molecule has 1 aromatic carbocycles. The fourth-order valence-corrected chi connectivity index (χ4v) is 1.55. The number of esters is 1. The van der Waals surface area contributed by atoms with Gasteiger partial charge < -0.3 is 14.6 Å². The van der Waals surface area contributed by atoms with Crippen LogP contribution in [0.2, 0.25) is 0 Å². The molecule has 0 fully saturated rings. The molecule has 1 N–H and O–H groups in total. The monoisotopic (exact) mass is 264 g/mol. The van der Waals surface area contributed by atoms with Crippen LogP contribution in [0.4, 0.5) is 0 Å². The van der Waals surface area contributed by atoms with Crippen molar-refractivity contribution in [2.45, 2.75) is 19.3 Å². The van der Waals surface area contributed by atoms with E-state index in [1.54, 1.807) is 6.08 Å². The van der Waals surface area contributed by atoms with Crippen LogP contribution in [0.25, 0.3) is 6.08 Å². The van der Waals surface area contributed by atoms with E-state index in [2.05, 4.69) is 4.74 Å². The highest BCUT2D eigenvalue weighted by Gasteiger charge is 2.00. The topological polar surface area (TPSA) is 55.8 Å². The zero-order valence-electron chi connectivity index (χ0n) is 11.2. The van der Waals surface area contributed by atoms with Gasteiger partial charge in [-0.3, -0.25) is 0 Å². The Balaban J connectivity index is 2.53. The van der Waals surface area contributed by atoms with E-state index in [-0.39, 0.29) is 6.61 Å². The van der Waals surface area contributed by atoms with E-state index in [1.807, 2.05) is 24.3 Å². The molecule has 0 bridgehead atoms. The summed E-state index contributed by atoms with van der Waals surface area (Å²) in [6, 6.07) is 7.51. The average Bonchev–Trinajstić information content (AvgIpc) is 2.45. The second-order valence-electron chi connectivity index (χ2n) is 4.03. The van der Waals surface area contributed by atoms with Crippen molar-refractivity contribution in [1.82, 2.24) is 0 Å². The first-order valence-corrected chi connectivity index (χ1v) is 6.36. The van der Waals surface area contributed by atoms with Gasteiger partial charge in [0.05, 0.1) is 13.7 Å². The normalized spacial score (nSPS) is 10.6. The first-order valence-electron chi connectivity index (χ1n) is 6.36. The van der Waals surface area contributed by atoms with Crippen LogP contribution in [0.3, 0.4) is 0 Å². The maximum absolute atomic E-state index is 11.1. The Morgan fingerprint density at radius 1 is 1.26 bits per heavy atom. The van der Waals surface area contributed by atoms with Crippen LogP contribution in [0.1, 0.15) is 24.8 Å². The lowest BCUT2D eigenvalue weighted by Gasteiger charge is -2.08. The van der Waals surface area contributed by atoms with Crippen LogP contribution in [-0.2, 0) is 9.53 Å². The number of rotatable bonds is 8. The van der Waals surface area contributed by atoms with Crippen molar-refractivity contribution in [2.75, 3.05) is 20.3 Å². The molecule has 0 heterocycles. The van der Waals surface area contributed by atoms with Crippen molar-refractivity contribution in [3.8, 4) is 5.75 Å². The number of unbranched alkanes of at least 4 members (excludes halogenated alkanes) is 2. The molecule has 0 amide bonds. The summed E-state index contributed by atoms with van der Waals surface area (Å²) in [5, 5.41) is 8.68. The number of aliphatic hydroxyl groups excluding tert-OH is 1. The molecule has 0 aliphatic carbocycles. The molecule has 0 aliphatic heterocycles. The number of hydrogen-bond acceptors (Lipinski definition) is 4. The first kappa shape index (κ1) is 15.2. The number of carbonyl (C=O) groups is 1. The van der Waals surface area contributed by atoms with E-state index >= 15 is 0 Å². The third-order valence-corrected chi connectivity index (χ3v) is 2.58. The van der Waals surface area contributed by atoms with Gasteiger partial charge in [-0.05, 0) is 31.4 Å². The Hall–Kier alpha value is -1.81. The van der Waals surface area contributed by atoms with Gasteiger partial charge in [-0.1, -0.05) is 18.2 Å². The Labute approximate surface area is 113 Å². The van der Waals surface area contributed by atoms with Crippen LogP contribution in [0.15, 0.2) is 30.3 Å². The summed E-state index contributed by atoms with van der Waals surface area (Å²) < 4.78 is 10.2. The standard InChI is InChI=1S/C15H20O4/c1-18-15(17)10-9-13-7-3-4-8-14(13)19-12-6-2-5-11-16/h3-4,7-10,16H,2,5-6,11-12H2,1H3/b10-9+. The first-order chi connectivity index (χ1) is 9.27. The molecular formula is C15H20O4. The number of hydrogen-bond donors (Lipinski definition) is 1. The van der Waals surface area contributed by atoms with Crippen molar-refractivity contribution in [3.63, 3.8) is 0 Å². The second kappa shape index (κ2) is 9.16. The van der Waals surface area contributed by atoms with Crippen molar-refractivity contribution >= 4 is 12.0 Å². The molecule has 1 rings (SSSR count). The molecule has 1 aromatic rings. The number of para-hydroxylation sites is 1. The van der Waals surface area contributed by atoms with Crippen LogP contribution in [0.5, 0.6) is 5.75 Å². The molecule has 4 nitrogen and oxygen atoms in total. The minimum absolute atomic E-state index is 0.221. The highest BCUT2D eigenvalue weighted by Crippen LogP contribution is 2.19. The predicted octanol–water partition coefficient (Wildman–Crippen LogP) is 2.41. The largest absolute Gasteiger partial charge is 0.493 e. The Morgan fingerprint density at radius 3 is 2.79 bits per heavy atom. The summed E-state index contributed by atoms with van der Waals surface area (Å²) in [5.41, 5.74) is 0.843. The molecule has 0 saturated heterocycles. The van der Waals surface area contributed by atoms with Gasteiger partial charge in [-0.15, -0.1) is 0 Å². The van der Waals surface area contributed by atoms with Gasteiger partial charge in [0, 0.05) is 18.2 Å². The molecule has 19 heavy (non-hydrogen) atoms. The summed E-state index contributed by atoms with van der Waals surface area (Å²) in [6.45, 7) is 0.821. The molecular weight excluding hydrogens is 244 g/mol. The molecule has 104 valence electrons. The van der Waals surface area contributed by atoms with Gasteiger partial charge in [0.2, 0.25) is 0 Å². The maximum atomic E-state index is 11.1. The highest BCUT2D eigenvalue weighted by molar-refractivity contribution is 5.87. The van der Waals surface area contributed by atoms with E-state index in [0.29, 0.717) is 6.61 Å². The van der Waals surface area contributed by atoms with Crippen LogP contribution < -0.4 is 4.74 Å². The summed E-state index contributed by atoms with van der Waals surface area (Å²) >= 11 is 0. The molecule has 0 aliphatic rings. The van der Waals surface area contributed by atoms with Crippen molar-refractivity contribution in [1.29, 1.82) is 0 Å². The highest BCUT2D eigenvalue weighted by atomic mass is 16.5. The SMILES string of the molecule is COC(=O)/C=C/c1ccccc1OCCCCCO. The van der Waals surface area contributed by atoms with E-state index in [9.17, 15) is 4.79 Å². The summed E-state index contributed by atoms with van der Waals surface area (Å²) in [6.07, 6.45) is 5.68. The van der Waals surface area contributed by atoms with Gasteiger partial charge in [0.1, 0.15) is 5.75 Å². The van der Waals surface area contributed by atoms with Gasteiger partial charge in [-0.25, -0.2) is 4.79 Å². The quantitative estimate of drug-likeness (QED) is 0.445. The number of methoxy groups -OCH3 is 1. The minimum atomic E-state index is -0.391. The van der Waals surface area contributed by atoms with E-state index < -0.39 is 5.97 Å². The lowest BCUT2D eigenvalue weighted by molar-refractivity contribution is -0.134. The summed E-state index contributed by atoms with van der Waals surface area (Å²) in [7, 11) is 1.34. The van der Waals surface area contributed by atoms with Crippen LogP contribution in [-0.4, -0.2) is 31.4 Å². The Bertz CT molecular complexity index is 412. The summed E-state index contributed by atoms with van der Waals surface area (Å²) in [4.78, 5) is 11.1. The van der Waals surface area contributed by atoms with E-state index in [0.717, 1.165) is 30.6 Å². The third kappa shape index (κ3) is 6.06. The van der Waals surface area contributed by atoms with Crippen molar-refractivity contribution < 1.29 is 19.4 Å². The third-order valence-electron chi connectivity index (χ3n) is 2.58. The number of carbonyl (C=O) groups excluding carboxylic acids is 1. The lowest BCUT2D eigenvalue weighted by Crippen LogP contribution is -1.99. The van der Waals surface area contributed by atoms with Crippen molar-refractivity contribution in [3.05, 3.63) is 35.9 Å². The van der Waals surface area contributed by atoms with E-state index in [1.165, 1.54) is 13.2 Å². The predicted molar refractivity (Wildman–Crippen MR) is 73.9 cm³/mol. The summed E-state index contributed by atoms with van der Waals surface area (Å²) in [5.74, 6) is 0.351.